The Morgan fingerprint density at radius 2 is 1.79 bits per heavy atom. The van der Waals surface area contributed by atoms with Crippen LogP contribution in [0.3, 0.4) is 0 Å². The SMILES string of the molecule is CCCCCn1cc(C(=O)N2CC[C@@H](Oc3cnc4ccccc4n3)C2)c2cc(OC)c(OC)cc2c1=O. The molecule has 1 aliphatic rings. The first-order valence-electron chi connectivity index (χ1n) is 13.0. The first-order valence-corrected chi connectivity index (χ1v) is 13.0. The Hall–Kier alpha value is -4.14. The van der Waals surface area contributed by atoms with E-state index in [1.807, 2.05) is 24.3 Å². The maximum Gasteiger partial charge on any atom is 0.258 e. The molecule has 0 spiro atoms. The van der Waals surface area contributed by atoms with E-state index in [1.54, 1.807) is 34.0 Å². The van der Waals surface area contributed by atoms with E-state index in [0.717, 1.165) is 30.3 Å². The average Bonchev–Trinajstić information content (AvgIpc) is 3.41. The molecule has 198 valence electrons. The van der Waals surface area contributed by atoms with Crippen LogP contribution in [-0.2, 0) is 6.54 Å². The summed E-state index contributed by atoms with van der Waals surface area (Å²) in [7, 11) is 3.07. The Morgan fingerprint density at radius 3 is 2.53 bits per heavy atom. The molecule has 1 atom stereocenters. The second-order valence-corrected chi connectivity index (χ2v) is 9.48. The molecule has 1 saturated heterocycles. The number of amides is 1. The number of pyridine rings is 1. The van der Waals surface area contributed by atoms with E-state index in [2.05, 4.69) is 16.9 Å². The van der Waals surface area contributed by atoms with Gasteiger partial charge in [-0.1, -0.05) is 31.9 Å². The number of hydrogen-bond acceptors (Lipinski definition) is 7. The molecule has 0 aliphatic carbocycles. The zero-order chi connectivity index (χ0) is 26.6. The molecule has 0 unspecified atom stereocenters. The zero-order valence-corrected chi connectivity index (χ0v) is 22.0. The minimum Gasteiger partial charge on any atom is -0.493 e. The van der Waals surface area contributed by atoms with Gasteiger partial charge in [-0.2, -0.15) is 0 Å². The molecule has 1 amide bonds. The van der Waals surface area contributed by atoms with Crippen LogP contribution in [0.15, 0.2) is 53.6 Å². The van der Waals surface area contributed by atoms with Crippen LogP contribution in [0.4, 0.5) is 0 Å². The van der Waals surface area contributed by atoms with Crippen molar-refractivity contribution in [2.45, 2.75) is 45.3 Å². The van der Waals surface area contributed by atoms with Gasteiger partial charge in [-0.25, -0.2) is 9.97 Å². The molecule has 3 heterocycles. The number of fused-ring (bicyclic) bond motifs is 2. The second-order valence-electron chi connectivity index (χ2n) is 9.48. The molecule has 0 radical (unpaired) electrons. The lowest BCUT2D eigenvalue weighted by molar-refractivity contribution is 0.0772. The Labute approximate surface area is 221 Å². The van der Waals surface area contributed by atoms with E-state index in [9.17, 15) is 9.59 Å². The van der Waals surface area contributed by atoms with Crippen LogP contribution in [0.2, 0.25) is 0 Å². The van der Waals surface area contributed by atoms with Crippen molar-refractivity contribution in [2.75, 3.05) is 27.3 Å². The van der Waals surface area contributed by atoms with E-state index < -0.39 is 0 Å². The highest BCUT2D eigenvalue weighted by atomic mass is 16.5. The number of nitrogens with zero attached hydrogens (tertiary/aromatic N) is 4. The molecule has 0 bridgehead atoms. The number of benzene rings is 2. The monoisotopic (exact) mass is 516 g/mol. The molecule has 38 heavy (non-hydrogen) atoms. The predicted octanol–water partition coefficient (Wildman–Crippen LogP) is 4.45. The van der Waals surface area contributed by atoms with Gasteiger partial charge in [0.15, 0.2) is 11.5 Å². The number of carbonyl (C=O) groups is 1. The van der Waals surface area contributed by atoms with Crippen molar-refractivity contribution in [3.8, 4) is 17.4 Å². The molecular formula is C29H32N4O5. The van der Waals surface area contributed by atoms with Crippen molar-refractivity contribution < 1.29 is 19.0 Å². The molecule has 2 aromatic carbocycles. The summed E-state index contributed by atoms with van der Waals surface area (Å²) in [6, 6.07) is 11.0. The molecule has 9 heteroatoms. The van der Waals surface area contributed by atoms with Crippen LogP contribution in [0.1, 0.15) is 43.0 Å². The molecule has 1 aliphatic heterocycles. The van der Waals surface area contributed by atoms with Crippen LogP contribution in [0, 0.1) is 0 Å². The Bertz CT molecular complexity index is 1530. The third-order valence-corrected chi connectivity index (χ3v) is 6.97. The number of likely N-dealkylation sites (tertiary alicyclic amines) is 1. The van der Waals surface area contributed by atoms with Gasteiger partial charge in [0.2, 0.25) is 5.88 Å². The molecule has 0 saturated carbocycles. The molecule has 0 N–H and O–H groups in total. The van der Waals surface area contributed by atoms with Gasteiger partial charge in [0.05, 0.1) is 48.9 Å². The summed E-state index contributed by atoms with van der Waals surface area (Å²) in [6.07, 6.45) is 6.67. The summed E-state index contributed by atoms with van der Waals surface area (Å²) in [5, 5.41) is 0.984. The number of aryl methyl sites for hydroxylation is 1. The third-order valence-electron chi connectivity index (χ3n) is 6.97. The minimum absolute atomic E-state index is 0.147. The summed E-state index contributed by atoms with van der Waals surface area (Å²) in [5.41, 5.74) is 1.88. The van der Waals surface area contributed by atoms with Crippen molar-refractivity contribution >= 4 is 27.7 Å². The normalized spacial score (nSPS) is 15.2. The van der Waals surface area contributed by atoms with Gasteiger partial charge in [0.1, 0.15) is 6.10 Å². The highest BCUT2D eigenvalue weighted by Crippen LogP contribution is 2.33. The Morgan fingerprint density at radius 1 is 1.05 bits per heavy atom. The summed E-state index contributed by atoms with van der Waals surface area (Å²) in [4.78, 5) is 37.9. The van der Waals surface area contributed by atoms with Gasteiger partial charge in [-0.15, -0.1) is 0 Å². The molecular weight excluding hydrogens is 484 g/mol. The number of hydrogen-bond donors (Lipinski definition) is 0. The van der Waals surface area contributed by atoms with Crippen molar-refractivity contribution in [1.82, 2.24) is 19.4 Å². The summed E-state index contributed by atoms with van der Waals surface area (Å²) >= 11 is 0. The predicted molar refractivity (Wildman–Crippen MR) is 145 cm³/mol. The van der Waals surface area contributed by atoms with Crippen molar-refractivity contribution in [1.29, 1.82) is 0 Å². The quantitative estimate of drug-likeness (QED) is 0.303. The van der Waals surface area contributed by atoms with Gasteiger partial charge in [0, 0.05) is 31.1 Å². The van der Waals surface area contributed by atoms with E-state index >= 15 is 0 Å². The van der Waals surface area contributed by atoms with Gasteiger partial charge < -0.3 is 23.7 Å². The number of para-hydroxylation sites is 2. The lowest BCUT2D eigenvalue weighted by atomic mass is 10.0. The fourth-order valence-electron chi connectivity index (χ4n) is 4.93. The third kappa shape index (κ3) is 5.01. The lowest BCUT2D eigenvalue weighted by Crippen LogP contribution is -2.32. The first-order chi connectivity index (χ1) is 18.5. The van der Waals surface area contributed by atoms with Crippen molar-refractivity contribution in [2.24, 2.45) is 0 Å². The maximum absolute atomic E-state index is 13.8. The minimum atomic E-state index is -0.203. The number of rotatable bonds is 9. The molecule has 1 fully saturated rings. The van der Waals surface area contributed by atoms with Crippen molar-refractivity contribution in [3.05, 3.63) is 64.7 Å². The summed E-state index contributed by atoms with van der Waals surface area (Å²) in [6.45, 7) is 3.61. The molecule has 9 nitrogen and oxygen atoms in total. The number of ether oxygens (including phenoxy) is 3. The number of aromatic nitrogens is 3. The Balaban J connectivity index is 1.43. The summed E-state index contributed by atoms with van der Waals surface area (Å²) < 4.78 is 18.7. The number of unbranched alkanes of at least 4 members (excludes halogenated alkanes) is 2. The summed E-state index contributed by atoms with van der Waals surface area (Å²) in [5.74, 6) is 1.21. The standard InChI is InChI=1S/C29H32N4O5/c1-4-5-8-12-32-18-22(20-14-25(36-2)26(37-3)15-21(20)28(32)34)29(35)33-13-11-19(17-33)38-27-16-30-23-9-6-7-10-24(23)31-27/h6-7,9-10,14-16,18-19H,4-5,8,11-13,17H2,1-3H3/t19-/m1/s1. The second kappa shape index (κ2) is 11.1. The van der Waals surface area contributed by atoms with Crippen LogP contribution in [-0.4, -0.2) is 58.8 Å². The maximum atomic E-state index is 13.8. The van der Waals surface area contributed by atoms with E-state index in [1.165, 1.54) is 14.2 Å². The number of carbonyl (C=O) groups excluding carboxylic acids is 1. The van der Waals surface area contributed by atoms with E-state index in [0.29, 0.717) is 59.8 Å². The van der Waals surface area contributed by atoms with Gasteiger partial charge in [0.25, 0.3) is 11.5 Å². The smallest absolute Gasteiger partial charge is 0.258 e. The zero-order valence-electron chi connectivity index (χ0n) is 22.0. The van der Waals surface area contributed by atoms with E-state index in [4.69, 9.17) is 14.2 Å². The largest absolute Gasteiger partial charge is 0.493 e. The van der Waals surface area contributed by atoms with Gasteiger partial charge in [-0.05, 0) is 30.7 Å². The van der Waals surface area contributed by atoms with E-state index in [-0.39, 0.29) is 17.6 Å². The highest BCUT2D eigenvalue weighted by molar-refractivity contribution is 6.07. The van der Waals surface area contributed by atoms with Gasteiger partial charge in [-0.3, -0.25) is 9.59 Å². The average molecular weight is 517 g/mol. The highest BCUT2D eigenvalue weighted by Gasteiger charge is 2.30. The molecule has 5 rings (SSSR count). The van der Waals surface area contributed by atoms with Gasteiger partial charge >= 0.3 is 0 Å². The topological polar surface area (TPSA) is 95.8 Å². The number of methoxy groups -OCH3 is 2. The fraction of sp³-hybridized carbons (Fsp3) is 0.379. The van der Waals surface area contributed by atoms with Crippen LogP contribution in [0.5, 0.6) is 17.4 Å². The first kappa shape index (κ1) is 25.5. The Kier molecular flexibility index (Phi) is 7.44. The lowest BCUT2D eigenvalue weighted by Gasteiger charge is -2.20. The fourth-order valence-corrected chi connectivity index (χ4v) is 4.93. The molecule has 4 aromatic rings. The van der Waals surface area contributed by atoms with Crippen LogP contribution < -0.4 is 19.8 Å². The van der Waals surface area contributed by atoms with Crippen molar-refractivity contribution in [3.63, 3.8) is 0 Å². The van der Waals surface area contributed by atoms with Crippen LogP contribution >= 0.6 is 0 Å². The van der Waals surface area contributed by atoms with Crippen LogP contribution in [0.25, 0.3) is 21.8 Å². The molecule has 2 aromatic heterocycles.